The molecule has 1 N–H and O–H groups in total. The highest BCUT2D eigenvalue weighted by atomic mass is 15.3. The fourth-order valence-corrected chi connectivity index (χ4v) is 4.19. The lowest BCUT2D eigenvalue weighted by Crippen LogP contribution is -2.20. The van der Waals surface area contributed by atoms with Gasteiger partial charge in [-0.1, -0.05) is 12.8 Å². The van der Waals surface area contributed by atoms with Crippen molar-refractivity contribution < 1.29 is 0 Å². The average molecular weight is 314 g/mol. The smallest absolute Gasteiger partial charge is 0.155 e. The number of H-pyrrole nitrogens is 1. The van der Waals surface area contributed by atoms with Crippen LogP contribution in [0.2, 0.25) is 0 Å². The monoisotopic (exact) mass is 314 g/mol. The van der Waals surface area contributed by atoms with Gasteiger partial charge in [-0.05, 0) is 32.7 Å². The second-order valence-electron chi connectivity index (χ2n) is 7.19. The van der Waals surface area contributed by atoms with E-state index in [1.807, 2.05) is 18.7 Å². The van der Waals surface area contributed by atoms with Crippen molar-refractivity contribution in [3.05, 3.63) is 29.1 Å². The summed E-state index contributed by atoms with van der Waals surface area (Å²) in [5.74, 6) is 3.04. The molecule has 2 aliphatic rings. The second kappa shape index (κ2) is 6.07. The molecular formula is C17H26N6. The van der Waals surface area contributed by atoms with Crippen LogP contribution in [0.5, 0.6) is 0 Å². The Hall–Kier alpha value is -1.69. The molecule has 0 aromatic carbocycles. The Bertz CT molecular complexity index is 666. The second-order valence-corrected chi connectivity index (χ2v) is 7.19. The maximum Gasteiger partial charge on any atom is 0.155 e. The van der Waals surface area contributed by atoms with Gasteiger partial charge in [0.05, 0.1) is 5.69 Å². The highest BCUT2D eigenvalue weighted by molar-refractivity contribution is 5.22. The van der Waals surface area contributed by atoms with Crippen LogP contribution < -0.4 is 0 Å². The van der Waals surface area contributed by atoms with Gasteiger partial charge in [-0.2, -0.15) is 10.2 Å². The van der Waals surface area contributed by atoms with Gasteiger partial charge in [-0.3, -0.25) is 14.7 Å². The molecular weight excluding hydrogens is 288 g/mol. The molecule has 0 amide bonds. The molecule has 1 aliphatic carbocycles. The number of nitrogens with one attached hydrogen (secondary N) is 1. The first-order valence-corrected chi connectivity index (χ1v) is 8.82. The van der Waals surface area contributed by atoms with Crippen LogP contribution in [-0.2, 0) is 13.6 Å². The largest absolute Gasteiger partial charge is 0.298 e. The molecule has 6 heteroatoms. The Labute approximate surface area is 137 Å². The Morgan fingerprint density at radius 3 is 2.78 bits per heavy atom. The zero-order chi connectivity index (χ0) is 15.8. The van der Waals surface area contributed by atoms with E-state index < -0.39 is 0 Å². The molecule has 23 heavy (non-hydrogen) atoms. The molecule has 1 saturated carbocycles. The minimum Gasteiger partial charge on any atom is -0.298 e. The van der Waals surface area contributed by atoms with Crippen LogP contribution in [0.15, 0.2) is 6.20 Å². The van der Waals surface area contributed by atoms with Crippen molar-refractivity contribution in [3.8, 4) is 0 Å². The lowest BCUT2D eigenvalue weighted by Gasteiger charge is -2.16. The summed E-state index contributed by atoms with van der Waals surface area (Å²) in [6.45, 7) is 5.15. The van der Waals surface area contributed by atoms with Gasteiger partial charge in [0.2, 0.25) is 0 Å². The predicted molar refractivity (Wildman–Crippen MR) is 88.2 cm³/mol. The van der Waals surface area contributed by atoms with Crippen LogP contribution in [0.25, 0.3) is 0 Å². The molecule has 1 aliphatic heterocycles. The lowest BCUT2D eigenvalue weighted by atomic mass is 10.0. The number of rotatable bonds is 4. The van der Waals surface area contributed by atoms with Crippen molar-refractivity contribution in [1.82, 2.24) is 29.9 Å². The zero-order valence-corrected chi connectivity index (χ0v) is 14.1. The molecule has 124 valence electrons. The van der Waals surface area contributed by atoms with Crippen molar-refractivity contribution in [1.29, 1.82) is 0 Å². The molecule has 0 bridgehead atoms. The molecule has 3 heterocycles. The molecule has 6 nitrogen and oxygen atoms in total. The van der Waals surface area contributed by atoms with E-state index in [-0.39, 0.29) is 0 Å². The van der Waals surface area contributed by atoms with E-state index in [4.69, 9.17) is 5.10 Å². The molecule has 0 radical (unpaired) electrons. The van der Waals surface area contributed by atoms with Crippen LogP contribution in [-0.4, -0.2) is 43.0 Å². The number of aromatic amines is 1. The Morgan fingerprint density at radius 2 is 2.04 bits per heavy atom. The SMILES string of the molecule is Cc1nc(C2CCN(Cc3cn(C)nc3C3CCCC3)C2)n[nH]1. The van der Waals surface area contributed by atoms with Gasteiger partial charge >= 0.3 is 0 Å². The average Bonchev–Trinajstić information content (AvgIpc) is 3.26. The first-order chi connectivity index (χ1) is 11.2. The van der Waals surface area contributed by atoms with Crippen molar-refractivity contribution in [3.63, 3.8) is 0 Å². The summed E-state index contributed by atoms with van der Waals surface area (Å²) in [7, 11) is 2.05. The standard InChI is InChI=1S/C17H26N6/c1-12-18-17(20-19-12)14-7-8-23(10-14)11-15-9-22(2)21-16(15)13-5-3-4-6-13/h9,13-14H,3-8,10-11H2,1-2H3,(H,18,19,20). The summed E-state index contributed by atoms with van der Waals surface area (Å²) in [5, 5.41) is 12.1. The third-order valence-electron chi connectivity index (χ3n) is 5.32. The minimum absolute atomic E-state index is 0.464. The van der Waals surface area contributed by atoms with Crippen molar-refractivity contribution >= 4 is 0 Å². The Balaban J connectivity index is 1.45. The van der Waals surface area contributed by atoms with Crippen molar-refractivity contribution in [2.75, 3.05) is 13.1 Å². The lowest BCUT2D eigenvalue weighted by molar-refractivity contribution is 0.324. The Morgan fingerprint density at radius 1 is 1.22 bits per heavy atom. The van der Waals surface area contributed by atoms with E-state index in [0.717, 1.165) is 37.7 Å². The van der Waals surface area contributed by atoms with Gasteiger partial charge in [0.1, 0.15) is 5.82 Å². The highest BCUT2D eigenvalue weighted by Crippen LogP contribution is 2.36. The summed E-state index contributed by atoms with van der Waals surface area (Å²) < 4.78 is 2.00. The third kappa shape index (κ3) is 3.04. The number of nitrogens with zero attached hydrogens (tertiary/aromatic N) is 5. The van der Waals surface area contributed by atoms with Crippen molar-refractivity contribution in [2.24, 2.45) is 7.05 Å². The number of aromatic nitrogens is 5. The molecule has 2 aromatic heterocycles. The third-order valence-corrected chi connectivity index (χ3v) is 5.32. The van der Waals surface area contributed by atoms with Gasteiger partial charge in [0, 0.05) is 43.7 Å². The van der Waals surface area contributed by atoms with Gasteiger partial charge in [-0.15, -0.1) is 0 Å². The number of aryl methyl sites for hydroxylation is 2. The van der Waals surface area contributed by atoms with Gasteiger partial charge in [0.25, 0.3) is 0 Å². The fraction of sp³-hybridized carbons (Fsp3) is 0.706. The van der Waals surface area contributed by atoms with Crippen LogP contribution >= 0.6 is 0 Å². The normalized spacial score (nSPS) is 23.1. The number of likely N-dealkylation sites (tertiary alicyclic amines) is 1. The van der Waals surface area contributed by atoms with Crippen molar-refractivity contribution in [2.45, 2.75) is 57.4 Å². The molecule has 1 atom stereocenters. The maximum atomic E-state index is 4.78. The molecule has 1 unspecified atom stereocenters. The van der Waals surface area contributed by atoms with E-state index in [1.165, 1.54) is 36.9 Å². The van der Waals surface area contributed by atoms with Gasteiger partial charge in [-0.25, -0.2) is 4.98 Å². The van der Waals surface area contributed by atoms with Gasteiger partial charge in [0.15, 0.2) is 5.82 Å². The highest BCUT2D eigenvalue weighted by Gasteiger charge is 2.29. The maximum absolute atomic E-state index is 4.78. The fourth-order valence-electron chi connectivity index (χ4n) is 4.19. The van der Waals surface area contributed by atoms with Crippen LogP contribution in [0, 0.1) is 6.92 Å². The molecule has 2 fully saturated rings. The van der Waals surface area contributed by atoms with E-state index >= 15 is 0 Å². The Kier molecular flexibility index (Phi) is 3.93. The first-order valence-electron chi connectivity index (χ1n) is 8.82. The number of hydrogen-bond acceptors (Lipinski definition) is 4. The predicted octanol–water partition coefficient (Wildman–Crippen LogP) is 2.49. The topological polar surface area (TPSA) is 62.6 Å². The molecule has 2 aromatic rings. The summed E-state index contributed by atoms with van der Waals surface area (Å²) in [5.41, 5.74) is 2.77. The van der Waals surface area contributed by atoms with E-state index in [9.17, 15) is 0 Å². The van der Waals surface area contributed by atoms with E-state index in [1.54, 1.807) is 0 Å². The first kappa shape index (κ1) is 14.9. The summed E-state index contributed by atoms with van der Waals surface area (Å²) in [6.07, 6.45) is 8.70. The van der Waals surface area contributed by atoms with Crippen LogP contribution in [0.4, 0.5) is 0 Å². The minimum atomic E-state index is 0.464. The van der Waals surface area contributed by atoms with E-state index in [2.05, 4.69) is 26.3 Å². The summed E-state index contributed by atoms with van der Waals surface area (Å²) >= 11 is 0. The summed E-state index contributed by atoms with van der Waals surface area (Å²) in [6, 6.07) is 0. The number of hydrogen-bond donors (Lipinski definition) is 1. The summed E-state index contributed by atoms with van der Waals surface area (Å²) in [4.78, 5) is 7.04. The van der Waals surface area contributed by atoms with Crippen LogP contribution in [0.1, 0.15) is 66.8 Å². The molecule has 1 saturated heterocycles. The van der Waals surface area contributed by atoms with Crippen LogP contribution in [0.3, 0.4) is 0 Å². The van der Waals surface area contributed by atoms with Gasteiger partial charge < -0.3 is 0 Å². The van der Waals surface area contributed by atoms with E-state index in [0.29, 0.717) is 11.8 Å². The quantitative estimate of drug-likeness (QED) is 0.942. The molecule has 0 spiro atoms. The zero-order valence-electron chi connectivity index (χ0n) is 14.1. The molecule has 4 rings (SSSR count).